The van der Waals surface area contributed by atoms with Crippen LogP contribution in [0.5, 0.6) is 0 Å². The third-order valence-electron chi connectivity index (χ3n) is 5.41. The molecule has 3 heterocycles. The van der Waals surface area contributed by atoms with Crippen molar-refractivity contribution in [2.45, 2.75) is 62.7 Å². The van der Waals surface area contributed by atoms with Gasteiger partial charge in [0.1, 0.15) is 17.5 Å². The Labute approximate surface area is 204 Å². The Balaban J connectivity index is 1.55. The predicted molar refractivity (Wildman–Crippen MR) is 137 cm³/mol. The van der Waals surface area contributed by atoms with E-state index in [4.69, 9.17) is 9.97 Å². The van der Waals surface area contributed by atoms with E-state index < -0.39 is 0 Å². The van der Waals surface area contributed by atoms with Crippen molar-refractivity contribution in [3.8, 4) is 0 Å². The molecule has 3 aromatic rings. The normalized spacial score (nSPS) is 15.7. The first-order chi connectivity index (χ1) is 16.4. The van der Waals surface area contributed by atoms with E-state index in [1.807, 2.05) is 50.2 Å². The molecule has 34 heavy (non-hydrogen) atoms. The maximum Gasteiger partial charge on any atom is 0.224 e. The predicted octanol–water partition coefficient (Wildman–Crippen LogP) is 4.33. The second-order valence-corrected chi connectivity index (χ2v) is 9.76. The number of anilines is 4. The number of aryl methyl sites for hydroxylation is 1. The van der Waals surface area contributed by atoms with Crippen LogP contribution in [0.1, 0.15) is 39.3 Å². The molecule has 0 unspecified atom stereocenters. The summed E-state index contributed by atoms with van der Waals surface area (Å²) in [6.45, 7) is 9.98. The SMILES string of the molecule is CCC(=O)Nc1ccc(Sc2nc(Nc3cc(C)n[nH]3)cc(N3CC[C@@H](NC(C)C)C3)n2)cc1. The van der Waals surface area contributed by atoms with E-state index in [1.54, 1.807) is 0 Å². The van der Waals surface area contributed by atoms with Crippen LogP contribution in [0.25, 0.3) is 0 Å². The van der Waals surface area contributed by atoms with E-state index in [0.29, 0.717) is 29.5 Å². The summed E-state index contributed by atoms with van der Waals surface area (Å²) >= 11 is 1.49. The number of carbonyl (C=O) groups is 1. The van der Waals surface area contributed by atoms with E-state index >= 15 is 0 Å². The molecule has 9 nitrogen and oxygen atoms in total. The number of amides is 1. The molecule has 180 valence electrons. The van der Waals surface area contributed by atoms with Crippen LogP contribution in [-0.4, -0.2) is 51.2 Å². The number of rotatable bonds is 9. The highest BCUT2D eigenvalue weighted by Crippen LogP contribution is 2.31. The van der Waals surface area contributed by atoms with Crippen molar-refractivity contribution in [1.29, 1.82) is 0 Å². The van der Waals surface area contributed by atoms with Crippen LogP contribution < -0.4 is 20.9 Å². The third-order valence-corrected chi connectivity index (χ3v) is 6.28. The van der Waals surface area contributed by atoms with Crippen molar-refractivity contribution in [2.24, 2.45) is 0 Å². The van der Waals surface area contributed by atoms with E-state index in [1.165, 1.54) is 11.8 Å². The van der Waals surface area contributed by atoms with Crippen molar-refractivity contribution in [3.05, 3.63) is 42.1 Å². The van der Waals surface area contributed by atoms with Gasteiger partial charge in [-0.15, -0.1) is 0 Å². The van der Waals surface area contributed by atoms with Gasteiger partial charge in [-0.3, -0.25) is 9.89 Å². The van der Waals surface area contributed by atoms with Crippen LogP contribution in [0.15, 0.2) is 46.5 Å². The number of hydrogen-bond acceptors (Lipinski definition) is 8. The Morgan fingerprint density at radius 2 is 2.03 bits per heavy atom. The Morgan fingerprint density at radius 3 is 2.71 bits per heavy atom. The maximum absolute atomic E-state index is 11.6. The average molecular weight is 481 g/mol. The first-order valence-electron chi connectivity index (χ1n) is 11.6. The highest BCUT2D eigenvalue weighted by Gasteiger charge is 2.25. The molecule has 10 heteroatoms. The van der Waals surface area contributed by atoms with Crippen molar-refractivity contribution in [2.75, 3.05) is 28.6 Å². The lowest BCUT2D eigenvalue weighted by Gasteiger charge is -2.20. The minimum Gasteiger partial charge on any atom is -0.355 e. The van der Waals surface area contributed by atoms with Gasteiger partial charge in [0.25, 0.3) is 0 Å². The van der Waals surface area contributed by atoms with Crippen LogP contribution in [0, 0.1) is 6.92 Å². The summed E-state index contributed by atoms with van der Waals surface area (Å²) in [4.78, 5) is 24.5. The molecule has 0 saturated carbocycles. The maximum atomic E-state index is 11.6. The molecular formula is C24H32N8OS. The summed E-state index contributed by atoms with van der Waals surface area (Å²) in [6.07, 6.45) is 1.53. The number of benzene rings is 1. The first kappa shape index (κ1) is 24.0. The molecule has 1 saturated heterocycles. The summed E-state index contributed by atoms with van der Waals surface area (Å²) in [5.74, 6) is 2.39. The van der Waals surface area contributed by atoms with Gasteiger partial charge in [-0.1, -0.05) is 20.8 Å². The van der Waals surface area contributed by atoms with Crippen LogP contribution in [0.4, 0.5) is 23.1 Å². The number of nitrogens with zero attached hydrogens (tertiary/aromatic N) is 4. The lowest BCUT2D eigenvalue weighted by atomic mass is 10.2. The quantitative estimate of drug-likeness (QED) is 0.335. The second-order valence-electron chi connectivity index (χ2n) is 8.72. The molecule has 4 rings (SSSR count). The van der Waals surface area contributed by atoms with Crippen LogP contribution >= 0.6 is 11.8 Å². The van der Waals surface area contributed by atoms with Gasteiger partial charge in [0, 0.05) is 54.3 Å². The number of hydrogen-bond donors (Lipinski definition) is 4. The molecule has 1 aromatic carbocycles. The van der Waals surface area contributed by atoms with Crippen molar-refractivity contribution < 1.29 is 4.79 Å². The fourth-order valence-electron chi connectivity index (χ4n) is 3.85. The van der Waals surface area contributed by atoms with Gasteiger partial charge >= 0.3 is 0 Å². The summed E-state index contributed by atoms with van der Waals surface area (Å²) in [5.41, 5.74) is 1.69. The van der Waals surface area contributed by atoms with Gasteiger partial charge in [0.2, 0.25) is 5.91 Å². The minimum atomic E-state index is -0.00271. The van der Waals surface area contributed by atoms with E-state index in [0.717, 1.165) is 47.4 Å². The zero-order valence-electron chi connectivity index (χ0n) is 20.1. The van der Waals surface area contributed by atoms with Gasteiger partial charge in [0.05, 0.1) is 5.69 Å². The summed E-state index contributed by atoms with van der Waals surface area (Å²) in [7, 11) is 0. The summed E-state index contributed by atoms with van der Waals surface area (Å²) < 4.78 is 0. The topological polar surface area (TPSA) is 111 Å². The van der Waals surface area contributed by atoms with Crippen LogP contribution in [0.2, 0.25) is 0 Å². The van der Waals surface area contributed by atoms with Gasteiger partial charge in [0.15, 0.2) is 5.16 Å². The zero-order valence-corrected chi connectivity index (χ0v) is 20.9. The molecule has 4 N–H and O–H groups in total. The lowest BCUT2D eigenvalue weighted by Crippen LogP contribution is -2.37. The summed E-state index contributed by atoms with van der Waals surface area (Å²) in [6, 6.07) is 12.6. The summed E-state index contributed by atoms with van der Waals surface area (Å²) in [5, 5.41) is 17.6. The Bertz CT molecular complexity index is 1110. The molecule has 1 fully saturated rings. The zero-order chi connectivity index (χ0) is 24.1. The van der Waals surface area contributed by atoms with Gasteiger partial charge in [-0.2, -0.15) is 5.10 Å². The smallest absolute Gasteiger partial charge is 0.224 e. The molecule has 1 aliphatic rings. The van der Waals surface area contributed by atoms with Gasteiger partial charge in [-0.25, -0.2) is 9.97 Å². The van der Waals surface area contributed by atoms with Gasteiger partial charge < -0.3 is 20.9 Å². The molecule has 1 aliphatic heterocycles. The lowest BCUT2D eigenvalue weighted by molar-refractivity contribution is -0.115. The molecule has 0 spiro atoms. The monoisotopic (exact) mass is 480 g/mol. The Morgan fingerprint density at radius 1 is 1.24 bits per heavy atom. The fraction of sp³-hybridized carbons (Fsp3) is 0.417. The Hall–Kier alpha value is -3.11. The molecule has 1 atom stereocenters. The number of nitrogens with one attached hydrogen (secondary N) is 4. The molecule has 0 radical (unpaired) electrons. The highest BCUT2D eigenvalue weighted by atomic mass is 32.2. The molecule has 0 aliphatic carbocycles. The first-order valence-corrected chi connectivity index (χ1v) is 12.5. The van der Waals surface area contributed by atoms with E-state index in [9.17, 15) is 4.79 Å². The highest BCUT2D eigenvalue weighted by molar-refractivity contribution is 7.99. The molecule has 2 aromatic heterocycles. The largest absolute Gasteiger partial charge is 0.355 e. The molecular weight excluding hydrogens is 448 g/mol. The minimum absolute atomic E-state index is 0.00271. The van der Waals surface area contributed by atoms with Crippen LogP contribution in [0.3, 0.4) is 0 Å². The molecule has 1 amide bonds. The van der Waals surface area contributed by atoms with Crippen molar-refractivity contribution >= 4 is 40.8 Å². The number of aromatic nitrogens is 4. The molecule has 0 bridgehead atoms. The average Bonchev–Trinajstić information content (AvgIpc) is 3.43. The second kappa shape index (κ2) is 10.9. The standard InChI is InChI=1S/C24H32N8OS/c1-5-23(33)26-17-6-8-19(9-7-17)34-24-28-20(27-21-12-16(4)30-31-21)13-22(29-24)32-11-10-18(14-32)25-15(2)3/h6-9,12-13,15,18,25H,5,10-11,14H2,1-4H3,(H,26,33)(H2,27,28,29,30,31)/t18-/m1/s1. The number of aromatic amines is 1. The van der Waals surface area contributed by atoms with Crippen molar-refractivity contribution in [1.82, 2.24) is 25.5 Å². The van der Waals surface area contributed by atoms with Crippen LogP contribution in [-0.2, 0) is 4.79 Å². The van der Waals surface area contributed by atoms with Gasteiger partial charge in [-0.05, 0) is 49.4 Å². The number of H-pyrrole nitrogens is 1. The van der Waals surface area contributed by atoms with E-state index in [-0.39, 0.29) is 5.91 Å². The van der Waals surface area contributed by atoms with E-state index in [2.05, 4.69) is 44.9 Å². The van der Waals surface area contributed by atoms with Crippen molar-refractivity contribution in [3.63, 3.8) is 0 Å². The Kier molecular flexibility index (Phi) is 7.69. The fourth-order valence-corrected chi connectivity index (χ4v) is 4.61. The number of carbonyl (C=O) groups excluding carboxylic acids is 1. The third kappa shape index (κ3) is 6.48.